The second-order valence-corrected chi connectivity index (χ2v) is 8.12. The topological polar surface area (TPSA) is 105 Å². The zero-order valence-electron chi connectivity index (χ0n) is 16.2. The van der Waals surface area contributed by atoms with Gasteiger partial charge in [-0.15, -0.1) is 10.2 Å². The number of hydrogen-bond donors (Lipinski definition) is 1. The summed E-state index contributed by atoms with van der Waals surface area (Å²) in [5.74, 6) is 2.95. The smallest absolute Gasteiger partial charge is 0.217 e. The van der Waals surface area contributed by atoms with Crippen molar-refractivity contribution in [1.82, 2.24) is 14.8 Å². The van der Waals surface area contributed by atoms with Crippen LogP contribution in [-0.4, -0.2) is 33.9 Å². The Bertz CT molecular complexity index is 1020. The van der Waals surface area contributed by atoms with E-state index in [0.29, 0.717) is 59.4 Å². The molecule has 2 N–H and O–H groups in total. The van der Waals surface area contributed by atoms with E-state index in [4.69, 9.17) is 31.2 Å². The van der Waals surface area contributed by atoms with Crippen LogP contribution in [0.3, 0.4) is 0 Å². The summed E-state index contributed by atoms with van der Waals surface area (Å²) in [5, 5.41) is 9.81. The number of primary amides is 1. The largest absolute Gasteiger partial charge is 0.489 e. The van der Waals surface area contributed by atoms with E-state index in [1.807, 2.05) is 28.8 Å². The van der Waals surface area contributed by atoms with Gasteiger partial charge in [-0.2, -0.15) is 0 Å². The molecule has 8 nitrogen and oxygen atoms in total. The number of carbonyl (C=O) groups is 1. The zero-order valence-corrected chi connectivity index (χ0v) is 17.7. The molecule has 10 heteroatoms. The van der Waals surface area contributed by atoms with Crippen LogP contribution in [0.1, 0.15) is 30.0 Å². The molecule has 0 radical (unpaired) electrons. The van der Waals surface area contributed by atoms with E-state index in [2.05, 4.69) is 10.2 Å². The summed E-state index contributed by atoms with van der Waals surface area (Å²) in [4.78, 5) is 11.2. The molecule has 2 aromatic heterocycles. The summed E-state index contributed by atoms with van der Waals surface area (Å²) >= 11 is 7.92. The van der Waals surface area contributed by atoms with Crippen LogP contribution in [-0.2, 0) is 23.5 Å². The predicted molar refractivity (Wildman–Crippen MR) is 112 cm³/mol. The summed E-state index contributed by atoms with van der Waals surface area (Å²) in [5.41, 5.74) is 6.28. The Morgan fingerprint density at radius 3 is 2.93 bits per heavy atom. The van der Waals surface area contributed by atoms with Gasteiger partial charge in [-0.25, -0.2) is 0 Å². The Hall–Kier alpha value is -2.65. The maximum absolute atomic E-state index is 11.2. The summed E-state index contributed by atoms with van der Waals surface area (Å²) < 4.78 is 18.9. The van der Waals surface area contributed by atoms with Gasteiger partial charge in [0.05, 0.1) is 31.0 Å². The van der Waals surface area contributed by atoms with Gasteiger partial charge in [0.2, 0.25) is 5.91 Å². The fourth-order valence-corrected chi connectivity index (χ4v) is 4.25. The van der Waals surface area contributed by atoms with E-state index in [0.717, 1.165) is 17.7 Å². The number of fused-ring (bicyclic) bond motifs is 1. The molecule has 0 fully saturated rings. The van der Waals surface area contributed by atoms with Crippen molar-refractivity contribution in [2.24, 2.45) is 5.73 Å². The molecule has 0 spiro atoms. The van der Waals surface area contributed by atoms with Crippen molar-refractivity contribution in [1.29, 1.82) is 0 Å². The van der Waals surface area contributed by atoms with Gasteiger partial charge < -0.3 is 19.6 Å². The molecule has 1 aliphatic rings. The summed E-state index contributed by atoms with van der Waals surface area (Å²) in [6.07, 6.45) is 3.06. The Kier molecular flexibility index (Phi) is 6.49. The van der Waals surface area contributed by atoms with Crippen LogP contribution in [0.25, 0.3) is 0 Å². The number of carbonyl (C=O) groups excluding carboxylic acids is 1. The van der Waals surface area contributed by atoms with Gasteiger partial charge in [-0.3, -0.25) is 9.36 Å². The number of furan rings is 1. The molecule has 0 saturated carbocycles. The van der Waals surface area contributed by atoms with E-state index in [9.17, 15) is 4.79 Å². The third-order valence-electron chi connectivity index (χ3n) is 4.51. The highest BCUT2D eigenvalue weighted by molar-refractivity contribution is 7.98. The van der Waals surface area contributed by atoms with Crippen molar-refractivity contribution < 1.29 is 18.7 Å². The number of halogens is 1. The van der Waals surface area contributed by atoms with E-state index < -0.39 is 0 Å². The Morgan fingerprint density at radius 1 is 1.27 bits per heavy atom. The van der Waals surface area contributed by atoms with Gasteiger partial charge >= 0.3 is 0 Å². The second kappa shape index (κ2) is 9.44. The molecule has 3 heterocycles. The van der Waals surface area contributed by atoms with Crippen LogP contribution in [0.2, 0.25) is 5.02 Å². The normalized spacial score (nSPS) is 13.2. The van der Waals surface area contributed by atoms with Crippen LogP contribution < -0.4 is 15.2 Å². The molecule has 3 aromatic rings. The minimum atomic E-state index is -0.376. The summed E-state index contributed by atoms with van der Waals surface area (Å²) in [6, 6.07) is 7.54. The second-order valence-electron chi connectivity index (χ2n) is 6.77. The lowest BCUT2D eigenvalue weighted by atomic mass is 10.2. The minimum absolute atomic E-state index is 0.207. The Morgan fingerprint density at radius 2 is 2.13 bits per heavy atom. The molecular weight excluding hydrogens is 428 g/mol. The summed E-state index contributed by atoms with van der Waals surface area (Å²) in [7, 11) is 0. The van der Waals surface area contributed by atoms with Gasteiger partial charge in [-0.1, -0.05) is 23.4 Å². The molecular formula is C20H21ClN4O4S. The van der Waals surface area contributed by atoms with Gasteiger partial charge in [0, 0.05) is 25.0 Å². The number of rotatable bonds is 8. The van der Waals surface area contributed by atoms with Crippen LogP contribution in [0.5, 0.6) is 11.5 Å². The van der Waals surface area contributed by atoms with Gasteiger partial charge in [0.25, 0.3) is 0 Å². The molecule has 4 rings (SSSR count). The van der Waals surface area contributed by atoms with Crippen molar-refractivity contribution in [2.45, 2.75) is 36.7 Å². The first-order chi connectivity index (χ1) is 14.6. The Labute approximate surface area is 182 Å². The first-order valence-corrected chi connectivity index (χ1v) is 10.9. The standard InChI is InChI=1S/C20H21ClN4O4S/c21-15-9-13(10-16-19(15)29-8-2-7-28-16)12-30-20-24-23-18(5-4-17(22)26)25(20)11-14-3-1-6-27-14/h1,3,6,9-10H,2,4-5,7-8,11-12H2,(H2,22,26). The van der Waals surface area contributed by atoms with E-state index in [1.165, 1.54) is 11.8 Å². The highest BCUT2D eigenvalue weighted by Crippen LogP contribution is 2.39. The Balaban J connectivity index is 1.53. The molecule has 1 aliphatic heterocycles. The van der Waals surface area contributed by atoms with Crippen LogP contribution in [0.4, 0.5) is 0 Å². The lowest BCUT2D eigenvalue weighted by Gasteiger charge is -2.12. The highest BCUT2D eigenvalue weighted by Gasteiger charge is 2.18. The van der Waals surface area contributed by atoms with Crippen molar-refractivity contribution in [3.8, 4) is 11.5 Å². The number of nitrogens with zero attached hydrogens (tertiary/aromatic N) is 3. The molecule has 0 unspecified atom stereocenters. The first-order valence-electron chi connectivity index (χ1n) is 9.53. The molecule has 1 amide bonds. The number of hydrogen-bond acceptors (Lipinski definition) is 7. The highest BCUT2D eigenvalue weighted by atomic mass is 35.5. The molecule has 158 valence electrons. The maximum Gasteiger partial charge on any atom is 0.217 e. The molecule has 0 aliphatic carbocycles. The molecule has 1 aromatic carbocycles. The van der Waals surface area contributed by atoms with Crippen molar-refractivity contribution in [2.75, 3.05) is 13.2 Å². The van der Waals surface area contributed by atoms with E-state index in [1.54, 1.807) is 6.26 Å². The third-order valence-corrected chi connectivity index (χ3v) is 5.83. The minimum Gasteiger partial charge on any atom is -0.489 e. The zero-order chi connectivity index (χ0) is 20.9. The van der Waals surface area contributed by atoms with E-state index in [-0.39, 0.29) is 12.3 Å². The molecule has 0 bridgehead atoms. The lowest BCUT2D eigenvalue weighted by molar-refractivity contribution is -0.118. The number of benzene rings is 1. The SMILES string of the molecule is NC(=O)CCc1nnc(SCc2cc(Cl)c3c(c2)OCCCO3)n1Cc1ccco1. The molecule has 0 saturated heterocycles. The van der Waals surface area contributed by atoms with Crippen LogP contribution >= 0.6 is 23.4 Å². The van der Waals surface area contributed by atoms with Gasteiger partial charge in [-0.05, 0) is 29.8 Å². The lowest BCUT2D eigenvalue weighted by Crippen LogP contribution is -2.14. The third kappa shape index (κ3) is 4.91. The first kappa shape index (κ1) is 20.6. The van der Waals surface area contributed by atoms with Crippen molar-refractivity contribution in [3.05, 3.63) is 52.7 Å². The number of aryl methyl sites for hydroxylation is 1. The van der Waals surface area contributed by atoms with Crippen molar-refractivity contribution >= 4 is 29.3 Å². The number of nitrogens with two attached hydrogens (primary N) is 1. The number of aromatic nitrogens is 3. The number of ether oxygens (including phenoxy) is 2. The van der Waals surface area contributed by atoms with Gasteiger partial charge in [0.15, 0.2) is 16.7 Å². The average Bonchev–Trinajstić information content (AvgIpc) is 3.29. The maximum atomic E-state index is 11.2. The fraction of sp³-hybridized carbons (Fsp3) is 0.350. The van der Waals surface area contributed by atoms with Gasteiger partial charge in [0.1, 0.15) is 11.6 Å². The predicted octanol–water partition coefficient (Wildman–Crippen LogP) is 3.44. The monoisotopic (exact) mass is 448 g/mol. The van der Waals surface area contributed by atoms with Crippen LogP contribution in [0, 0.1) is 0 Å². The fourth-order valence-electron chi connectivity index (χ4n) is 3.08. The van der Waals surface area contributed by atoms with Crippen LogP contribution in [0.15, 0.2) is 40.1 Å². The quantitative estimate of drug-likeness (QED) is 0.526. The number of amides is 1. The molecule has 0 atom stereocenters. The molecule has 30 heavy (non-hydrogen) atoms. The summed E-state index contributed by atoms with van der Waals surface area (Å²) in [6.45, 7) is 1.66. The van der Waals surface area contributed by atoms with Crippen molar-refractivity contribution in [3.63, 3.8) is 0 Å². The van der Waals surface area contributed by atoms with E-state index >= 15 is 0 Å². The number of thioether (sulfide) groups is 1. The average molecular weight is 449 g/mol.